The van der Waals surface area contributed by atoms with Gasteiger partial charge in [-0.25, -0.2) is 13.1 Å². The van der Waals surface area contributed by atoms with E-state index >= 15 is 0 Å². The van der Waals surface area contributed by atoms with Crippen LogP contribution in [0.1, 0.15) is 26.2 Å². The molecule has 1 saturated carbocycles. The van der Waals surface area contributed by atoms with Gasteiger partial charge in [0.2, 0.25) is 10.0 Å². The van der Waals surface area contributed by atoms with Gasteiger partial charge in [0, 0.05) is 6.04 Å². The normalized spacial score (nSPS) is 31.5. The van der Waals surface area contributed by atoms with Crippen LogP contribution in [0.15, 0.2) is 0 Å². The van der Waals surface area contributed by atoms with Crippen molar-refractivity contribution in [3.63, 3.8) is 0 Å². The van der Waals surface area contributed by atoms with Crippen molar-refractivity contribution in [2.24, 2.45) is 5.92 Å². The molecule has 0 unspecified atom stereocenters. The van der Waals surface area contributed by atoms with Crippen LogP contribution in [0.4, 0.5) is 0 Å². The Bertz CT molecular complexity index is 217. The van der Waals surface area contributed by atoms with Gasteiger partial charge in [0.25, 0.3) is 0 Å². The molecule has 0 aliphatic heterocycles. The maximum Gasteiger partial charge on any atom is 0.208 e. The lowest BCUT2D eigenvalue weighted by atomic mass is 9.79. The molecule has 1 rings (SSSR count). The Labute approximate surface area is 68.2 Å². The second-order valence-electron chi connectivity index (χ2n) is 3.33. The van der Waals surface area contributed by atoms with Crippen molar-refractivity contribution in [3.8, 4) is 0 Å². The lowest BCUT2D eigenvalue weighted by Gasteiger charge is -2.34. The van der Waals surface area contributed by atoms with Crippen molar-refractivity contribution < 1.29 is 8.42 Å². The second-order valence-corrected chi connectivity index (χ2v) is 5.11. The Hall–Kier alpha value is -0.0900. The maximum absolute atomic E-state index is 10.7. The molecule has 1 aliphatic rings. The average molecular weight is 177 g/mol. The molecule has 1 aliphatic carbocycles. The van der Waals surface area contributed by atoms with Gasteiger partial charge >= 0.3 is 0 Å². The Morgan fingerprint density at radius 1 is 1.45 bits per heavy atom. The molecule has 3 nitrogen and oxygen atoms in total. The molecule has 0 saturated heterocycles. The van der Waals surface area contributed by atoms with Gasteiger partial charge in [-0.3, -0.25) is 0 Å². The smallest absolute Gasteiger partial charge is 0.208 e. The lowest BCUT2D eigenvalue weighted by Crippen LogP contribution is -2.43. The molecule has 1 N–H and O–H groups in total. The second kappa shape index (κ2) is 3.11. The minimum absolute atomic E-state index is 0.218. The Morgan fingerprint density at radius 3 is 2.36 bits per heavy atom. The molecule has 0 aromatic heterocycles. The summed E-state index contributed by atoms with van der Waals surface area (Å²) < 4.78 is 24.0. The van der Waals surface area contributed by atoms with Crippen LogP contribution in [0.3, 0.4) is 0 Å². The number of sulfonamides is 1. The van der Waals surface area contributed by atoms with E-state index in [1.165, 1.54) is 12.7 Å². The molecular weight excluding hydrogens is 162 g/mol. The van der Waals surface area contributed by atoms with Crippen LogP contribution in [0, 0.1) is 5.92 Å². The molecule has 0 spiro atoms. The van der Waals surface area contributed by atoms with Crippen LogP contribution in [0.25, 0.3) is 0 Å². The van der Waals surface area contributed by atoms with Crippen LogP contribution in [-0.4, -0.2) is 20.7 Å². The standard InChI is InChI=1S/C7H15NO2S/c1-3-6-4-7(5-6)8-11(2,9)10/h6-8H,3-5H2,1-2H3. The molecular formula is C7H15NO2S. The SMILES string of the molecule is CCC1CC(NS(C)(=O)=O)C1. The predicted octanol–water partition coefficient (Wildman–Crippen LogP) is 0.724. The van der Waals surface area contributed by atoms with Crippen LogP contribution in [-0.2, 0) is 10.0 Å². The van der Waals surface area contributed by atoms with Crippen molar-refractivity contribution in [1.82, 2.24) is 4.72 Å². The first-order valence-electron chi connectivity index (χ1n) is 3.98. The van der Waals surface area contributed by atoms with Gasteiger partial charge in [-0.05, 0) is 18.8 Å². The summed E-state index contributed by atoms with van der Waals surface area (Å²) in [6.45, 7) is 2.14. The van der Waals surface area contributed by atoms with Crippen LogP contribution < -0.4 is 4.72 Å². The van der Waals surface area contributed by atoms with Crippen LogP contribution in [0.2, 0.25) is 0 Å². The predicted molar refractivity (Wildman–Crippen MR) is 44.8 cm³/mol. The van der Waals surface area contributed by atoms with Gasteiger partial charge in [-0.15, -0.1) is 0 Å². The number of nitrogens with one attached hydrogen (secondary N) is 1. The van der Waals surface area contributed by atoms with E-state index in [1.807, 2.05) is 0 Å². The lowest BCUT2D eigenvalue weighted by molar-refractivity contribution is 0.242. The zero-order valence-corrected chi connectivity index (χ0v) is 7.82. The van der Waals surface area contributed by atoms with Crippen molar-refractivity contribution >= 4 is 10.0 Å². The van der Waals surface area contributed by atoms with Gasteiger partial charge < -0.3 is 0 Å². The van der Waals surface area contributed by atoms with Gasteiger partial charge in [0.15, 0.2) is 0 Å². The van der Waals surface area contributed by atoms with E-state index in [-0.39, 0.29) is 6.04 Å². The quantitative estimate of drug-likeness (QED) is 0.690. The molecule has 66 valence electrons. The fourth-order valence-corrected chi connectivity index (χ4v) is 2.27. The van der Waals surface area contributed by atoms with Gasteiger partial charge in [-0.1, -0.05) is 13.3 Å². The van der Waals surface area contributed by atoms with E-state index in [0.717, 1.165) is 18.8 Å². The van der Waals surface area contributed by atoms with Gasteiger partial charge in [-0.2, -0.15) is 0 Å². The van der Waals surface area contributed by atoms with E-state index in [4.69, 9.17) is 0 Å². The maximum atomic E-state index is 10.7. The summed E-state index contributed by atoms with van der Waals surface area (Å²) in [5, 5.41) is 0. The number of hydrogen-bond donors (Lipinski definition) is 1. The van der Waals surface area contributed by atoms with Crippen molar-refractivity contribution in [2.75, 3.05) is 6.26 Å². The minimum atomic E-state index is -2.97. The minimum Gasteiger partial charge on any atom is -0.213 e. The summed E-state index contributed by atoms with van der Waals surface area (Å²) in [5.41, 5.74) is 0. The molecule has 0 amide bonds. The van der Waals surface area contributed by atoms with E-state index < -0.39 is 10.0 Å². The molecule has 0 atom stereocenters. The van der Waals surface area contributed by atoms with Crippen molar-refractivity contribution in [1.29, 1.82) is 0 Å². The third kappa shape index (κ3) is 2.79. The third-order valence-electron chi connectivity index (χ3n) is 2.19. The Kier molecular flexibility index (Phi) is 2.54. The fraction of sp³-hybridized carbons (Fsp3) is 1.00. The Morgan fingerprint density at radius 2 is 2.00 bits per heavy atom. The number of hydrogen-bond acceptors (Lipinski definition) is 2. The monoisotopic (exact) mass is 177 g/mol. The van der Waals surface area contributed by atoms with Crippen molar-refractivity contribution in [3.05, 3.63) is 0 Å². The zero-order chi connectivity index (χ0) is 8.48. The number of rotatable bonds is 3. The molecule has 0 bridgehead atoms. The molecule has 0 heterocycles. The molecule has 1 fully saturated rings. The fourth-order valence-electron chi connectivity index (χ4n) is 1.47. The highest BCUT2D eigenvalue weighted by atomic mass is 32.2. The summed E-state index contributed by atoms with van der Waals surface area (Å²) in [7, 11) is -2.97. The van der Waals surface area contributed by atoms with E-state index in [2.05, 4.69) is 11.6 Å². The topological polar surface area (TPSA) is 46.2 Å². The first-order valence-corrected chi connectivity index (χ1v) is 5.87. The summed E-state index contributed by atoms with van der Waals surface area (Å²) >= 11 is 0. The van der Waals surface area contributed by atoms with Crippen LogP contribution >= 0.6 is 0 Å². The van der Waals surface area contributed by atoms with Gasteiger partial charge in [0.1, 0.15) is 0 Å². The highest BCUT2D eigenvalue weighted by Crippen LogP contribution is 2.29. The summed E-state index contributed by atoms with van der Waals surface area (Å²) in [4.78, 5) is 0. The Balaban J connectivity index is 2.24. The first-order chi connectivity index (χ1) is 5.01. The molecule has 4 heteroatoms. The molecule has 0 radical (unpaired) electrons. The summed E-state index contributed by atoms with van der Waals surface area (Å²) in [6, 6.07) is 0.218. The summed E-state index contributed by atoms with van der Waals surface area (Å²) in [6.07, 6.45) is 4.42. The third-order valence-corrected chi connectivity index (χ3v) is 2.96. The van der Waals surface area contributed by atoms with Crippen LogP contribution in [0.5, 0.6) is 0 Å². The highest BCUT2D eigenvalue weighted by molar-refractivity contribution is 7.88. The molecule has 0 aromatic carbocycles. The van der Waals surface area contributed by atoms with Crippen molar-refractivity contribution in [2.45, 2.75) is 32.2 Å². The van der Waals surface area contributed by atoms with E-state index in [9.17, 15) is 8.42 Å². The zero-order valence-electron chi connectivity index (χ0n) is 7.00. The largest absolute Gasteiger partial charge is 0.213 e. The molecule has 0 aromatic rings. The summed E-state index contributed by atoms with van der Waals surface area (Å²) in [5.74, 6) is 0.745. The van der Waals surface area contributed by atoms with Gasteiger partial charge in [0.05, 0.1) is 6.26 Å². The average Bonchev–Trinajstić information content (AvgIpc) is 1.75. The first kappa shape index (κ1) is 9.00. The molecule has 11 heavy (non-hydrogen) atoms. The van der Waals surface area contributed by atoms with E-state index in [1.54, 1.807) is 0 Å². The highest BCUT2D eigenvalue weighted by Gasteiger charge is 2.29. The van der Waals surface area contributed by atoms with E-state index in [0.29, 0.717) is 0 Å².